The highest BCUT2D eigenvalue weighted by molar-refractivity contribution is 5.90. The van der Waals surface area contributed by atoms with Crippen molar-refractivity contribution >= 4 is 16.6 Å². The van der Waals surface area contributed by atoms with Crippen molar-refractivity contribution in [2.75, 3.05) is 5.73 Å². The first-order valence-electron chi connectivity index (χ1n) is 7.50. The molecule has 0 bridgehead atoms. The summed E-state index contributed by atoms with van der Waals surface area (Å²) >= 11 is 0. The lowest BCUT2D eigenvalue weighted by molar-refractivity contribution is 0.580. The second-order valence-electron chi connectivity index (χ2n) is 5.47. The quantitative estimate of drug-likeness (QED) is 0.586. The Bertz CT molecular complexity index is 1080. The summed E-state index contributed by atoms with van der Waals surface area (Å²) in [6, 6.07) is 21.8. The second kappa shape index (κ2) is 5.56. The highest BCUT2D eigenvalue weighted by atomic mass is 16.3. The number of anilines is 1. The van der Waals surface area contributed by atoms with E-state index in [1.807, 2.05) is 24.3 Å². The molecule has 0 atom stereocenters. The van der Waals surface area contributed by atoms with Gasteiger partial charge in [0.05, 0.1) is 11.8 Å². The lowest BCUT2D eigenvalue weighted by Gasteiger charge is -2.10. The van der Waals surface area contributed by atoms with Gasteiger partial charge in [0.1, 0.15) is 17.6 Å². The molecule has 0 unspecified atom stereocenters. The molecule has 2 aromatic heterocycles. The Balaban J connectivity index is 2.00. The third-order valence-corrected chi connectivity index (χ3v) is 3.99. The number of fused-ring (bicyclic) bond motifs is 1. The van der Waals surface area contributed by atoms with Gasteiger partial charge in [0.25, 0.3) is 0 Å². The van der Waals surface area contributed by atoms with Gasteiger partial charge in [-0.05, 0) is 40.6 Å². The third kappa shape index (κ3) is 2.29. The molecule has 4 nitrogen and oxygen atoms in total. The third-order valence-electron chi connectivity index (χ3n) is 3.99. The fraction of sp³-hybridized carbons (Fsp3) is 0. The first-order chi connectivity index (χ1) is 11.8. The number of hydrogen-bond donors (Lipinski definition) is 1. The van der Waals surface area contributed by atoms with Gasteiger partial charge in [-0.2, -0.15) is 5.26 Å². The monoisotopic (exact) mass is 311 g/mol. The van der Waals surface area contributed by atoms with E-state index in [0.717, 1.165) is 21.9 Å². The average Bonchev–Trinajstić information content (AvgIpc) is 3.15. The molecule has 2 aromatic carbocycles. The molecule has 0 fully saturated rings. The van der Waals surface area contributed by atoms with E-state index in [4.69, 9.17) is 10.2 Å². The first kappa shape index (κ1) is 14.0. The minimum absolute atomic E-state index is 0.202. The maximum atomic E-state index is 9.29. The zero-order valence-corrected chi connectivity index (χ0v) is 12.7. The Morgan fingerprint density at radius 1 is 0.958 bits per heavy atom. The number of benzene rings is 2. The Kier molecular flexibility index (Phi) is 3.25. The zero-order chi connectivity index (χ0) is 16.5. The van der Waals surface area contributed by atoms with Gasteiger partial charge in [-0.1, -0.05) is 36.4 Å². The lowest BCUT2D eigenvalue weighted by atomic mass is 9.98. The zero-order valence-electron chi connectivity index (χ0n) is 12.7. The molecule has 0 aliphatic heterocycles. The van der Waals surface area contributed by atoms with Crippen molar-refractivity contribution in [3.8, 4) is 28.7 Å². The highest BCUT2D eigenvalue weighted by Crippen LogP contribution is 2.34. The number of furan rings is 1. The number of nitrogens with two attached hydrogens (primary N) is 1. The number of nitrogen functional groups attached to an aromatic ring is 1. The van der Waals surface area contributed by atoms with Gasteiger partial charge >= 0.3 is 0 Å². The molecule has 0 saturated heterocycles. The van der Waals surface area contributed by atoms with Crippen molar-refractivity contribution in [1.82, 2.24) is 4.98 Å². The van der Waals surface area contributed by atoms with Crippen molar-refractivity contribution in [3.63, 3.8) is 0 Å². The number of rotatable bonds is 2. The van der Waals surface area contributed by atoms with E-state index < -0.39 is 0 Å². The standard InChI is InChI=1S/C20H13N3O/c21-12-16-11-17(19(23-20(16)22)18-6-3-9-24-18)15-8-7-13-4-1-2-5-14(13)10-15/h1-11H,(H2,22,23). The number of hydrogen-bond acceptors (Lipinski definition) is 4. The minimum atomic E-state index is 0.202. The number of nitrogens with zero attached hydrogens (tertiary/aromatic N) is 2. The van der Waals surface area contributed by atoms with Gasteiger partial charge in [-0.3, -0.25) is 0 Å². The summed E-state index contributed by atoms with van der Waals surface area (Å²) in [6.07, 6.45) is 1.59. The van der Waals surface area contributed by atoms with Crippen LogP contribution in [-0.4, -0.2) is 4.98 Å². The van der Waals surface area contributed by atoms with Gasteiger partial charge in [0.2, 0.25) is 0 Å². The fourth-order valence-electron chi connectivity index (χ4n) is 2.80. The largest absolute Gasteiger partial charge is 0.463 e. The van der Waals surface area contributed by atoms with E-state index >= 15 is 0 Å². The molecule has 24 heavy (non-hydrogen) atoms. The first-order valence-corrected chi connectivity index (χ1v) is 7.50. The predicted molar refractivity (Wildman–Crippen MR) is 94.0 cm³/mol. The van der Waals surface area contributed by atoms with Crippen molar-refractivity contribution in [2.45, 2.75) is 0 Å². The summed E-state index contributed by atoms with van der Waals surface area (Å²) in [5, 5.41) is 11.6. The molecule has 4 heteroatoms. The smallest absolute Gasteiger partial charge is 0.152 e. The number of pyridine rings is 1. The Hall–Kier alpha value is -3.58. The van der Waals surface area contributed by atoms with Crippen LogP contribution in [0.3, 0.4) is 0 Å². The molecule has 4 aromatic rings. The Labute approximate surface area is 138 Å². The molecule has 4 rings (SSSR count). The highest BCUT2D eigenvalue weighted by Gasteiger charge is 2.15. The van der Waals surface area contributed by atoms with Crippen molar-refractivity contribution in [1.29, 1.82) is 5.26 Å². The summed E-state index contributed by atoms with van der Waals surface area (Å²) in [5.74, 6) is 0.822. The molecule has 0 spiro atoms. The van der Waals surface area contributed by atoms with Crippen LogP contribution in [0, 0.1) is 11.3 Å². The second-order valence-corrected chi connectivity index (χ2v) is 5.47. The normalized spacial score (nSPS) is 10.6. The SMILES string of the molecule is N#Cc1cc(-c2ccc3ccccc3c2)c(-c2ccco2)nc1N. The summed E-state index contributed by atoms with van der Waals surface area (Å²) < 4.78 is 5.50. The Morgan fingerprint density at radius 3 is 2.54 bits per heavy atom. The molecule has 0 amide bonds. The molecule has 0 saturated carbocycles. The van der Waals surface area contributed by atoms with E-state index in [1.165, 1.54) is 0 Å². The molecule has 0 radical (unpaired) electrons. The lowest BCUT2D eigenvalue weighted by Crippen LogP contribution is -1.99. The molecular weight excluding hydrogens is 298 g/mol. The molecule has 0 aliphatic carbocycles. The maximum Gasteiger partial charge on any atom is 0.152 e. The summed E-state index contributed by atoms with van der Waals surface area (Å²) in [5.41, 5.74) is 8.67. The van der Waals surface area contributed by atoms with Crippen LogP contribution in [0.15, 0.2) is 71.3 Å². The molecule has 114 valence electrons. The van der Waals surface area contributed by atoms with Crippen LogP contribution in [0.4, 0.5) is 5.82 Å². The van der Waals surface area contributed by atoms with Gasteiger partial charge in [-0.15, -0.1) is 0 Å². The van der Waals surface area contributed by atoms with Gasteiger partial charge in [0.15, 0.2) is 5.76 Å². The van der Waals surface area contributed by atoms with E-state index in [-0.39, 0.29) is 5.82 Å². The van der Waals surface area contributed by atoms with Crippen molar-refractivity contribution in [2.24, 2.45) is 0 Å². The topological polar surface area (TPSA) is 75.8 Å². The van der Waals surface area contributed by atoms with Crippen LogP contribution in [0.5, 0.6) is 0 Å². The van der Waals surface area contributed by atoms with Crippen LogP contribution in [0.25, 0.3) is 33.4 Å². The van der Waals surface area contributed by atoms with Gasteiger partial charge in [0, 0.05) is 5.56 Å². The van der Waals surface area contributed by atoms with Crippen molar-refractivity contribution in [3.05, 3.63) is 72.5 Å². The Morgan fingerprint density at radius 2 is 1.79 bits per heavy atom. The van der Waals surface area contributed by atoms with Gasteiger partial charge < -0.3 is 10.2 Å². The van der Waals surface area contributed by atoms with E-state index in [2.05, 4.69) is 35.3 Å². The van der Waals surface area contributed by atoms with Crippen molar-refractivity contribution < 1.29 is 4.42 Å². The number of aromatic nitrogens is 1. The van der Waals surface area contributed by atoms with E-state index in [9.17, 15) is 5.26 Å². The van der Waals surface area contributed by atoms with E-state index in [1.54, 1.807) is 18.4 Å². The minimum Gasteiger partial charge on any atom is -0.463 e. The maximum absolute atomic E-state index is 9.29. The van der Waals surface area contributed by atoms with Crippen LogP contribution in [-0.2, 0) is 0 Å². The summed E-state index contributed by atoms with van der Waals surface area (Å²) in [7, 11) is 0. The predicted octanol–water partition coefficient (Wildman–Crippen LogP) is 4.62. The molecule has 2 heterocycles. The van der Waals surface area contributed by atoms with Crippen LogP contribution in [0.1, 0.15) is 5.56 Å². The van der Waals surface area contributed by atoms with Gasteiger partial charge in [-0.25, -0.2) is 4.98 Å². The summed E-state index contributed by atoms with van der Waals surface area (Å²) in [4.78, 5) is 4.40. The fourth-order valence-corrected chi connectivity index (χ4v) is 2.80. The van der Waals surface area contributed by atoms with Crippen LogP contribution < -0.4 is 5.73 Å². The molecular formula is C20H13N3O. The average molecular weight is 311 g/mol. The summed E-state index contributed by atoms with van der Waals surface area (Å²) in [6.45, 7) is 0. The molecule has 0 aliphatic rings. The van der Waals surface area contributed by atoms with Crippen LogP contribution in [0.2, 0.25) is 0 Å². The van der Waals surface area contributed by atoms with Crippen LogP contribution >= 0.6 is 0 Å². The van der Waals surface area contributed by atoms with E-state index in [0.29, 0.717) is 17.0 Å². The molecule has 2 N–H and O–H groups in total. The number of nitriles is 1.